The van der Waals surface area contributed by atoms with E-state index in [2.05, 4.69) is 14.8 Å². The Labute approximate surface area is 107 Å². The minimum absolute atomic E-state index is 0.270. The Kier molecular flexibility index (Phi) is 4.13. The minimum Gasteiger partial charge on any atom is -0.392 e. The molecule has 2 rings (SSSR count). The van der Waals surface area contributed by atoms with Crippen molar-refractivity contribution >= 4 is 5.69 Å². The van der Waals surface area contributed by atoms with Crippen LogP contribution in [0.3, 0.4) is 0 Å². The van der Waals surface area contributed by atoms with Gasteiger partial charge in [-0.2, -0.15) is 5.26 Å². The van der Waals surface area contributed by atoms with Crippen LogP contribution in [0.2, 0.25) is 0 Å². The zero-order chi connectivity index (χ0) is 13.0. The molecular weight excluding hydrogens is 228 g/mol. The minimum atomic E-state index is -0.270. The van der Waals surface area contributed by atoms with Gasteiger partial charge >= 0.3 is 0 Å². The summed E-state index contributed by atoms with van der Waals surface area (Å²) < 4.78 is 0. The number of hydrogen-bond acceptors (Lipinski definition) is 5. The number of nitrogens with zero attached hydrogens (tertiary/aromatic N) is 4. The smallest absolute Gasteiger partial charge is 0.140 e. The summed E-state index contributed by atoms with van der Waals surface area (Å²) in [5, 5.41) is 18.1. The van der Waals surface area contributed by atoms with Crippen LogP contribution >= 0.6 is 0 Å². The van der Waals surface area contributed by atoms with E-state index in [0.29, 0.717) is 5.69 Å². The Morgan fingerprint density at radius 3 is 2.61 bits per heavy atom. The highest BCUT2D eigenvalue weighted by Gasteiger charge is 2.18. The van der Waals surface area contributed by atoms with E-state index in [0.717, 1.165) is 38.4 Å². The molecule has 0 radical (unpaired) electrons. The number of aliphatic hydroxyl groups is 1. The Morgan fingerprint density at radius 2 is 2.11 bits per heavy atom. The molecule has 0 aliphatic carbocycles. The molecule has 5 nitrogen and oxygen atoms in total. The summed E-state index contributed by atoms with van der Waals surface area (Å²) in [4.78, 5) is 8.60. The SMILES string of the molecule is C[C@@H](O)CN1CCN(c2ccc(C#N)nc2)CC1. The van der Waals surface area contributed by atoms with Gasteiger partial charge in [-0.1, -0.05) is 0 Å². The van der Waals surface area contributed by atoms with E-state index in [1.54, 1.807) is 12.3 Å². The number of nitriles is 1. The van der Waals surface area contributed by atoms with Crippen LogP contribution in [0.4, 0.5) is 5.69 Å². The summed E-state index contributed by atoms with van der Waals surface area (Å²) in [6.45, 7) is 6.31. The first-order valence-corrected chi connectivity index (χ1v) is 6.20. The fourth-order valence-corrected chi connectivity index (χ4v) is 2.20. The van der Waals surface area contributed by atoms with Gasteiger partial charge in [-0.05, 0) is 19.1 Å². The summed E-state index contributed by atoms with van der Waals surface area (Å²) in [5.41, 5.74) is 1.51. The van der Waals surface area contributed by atoms with Gasteiger partial charge in [-0.15, -0.1) is 0 Å². The molecule has 0 bridgehead atoms. The molecule has 1 atom stereocenters. The van der Waals surface area contributed by atoms with E-state index >= 15 is 0 Å². The van der Waals surface area contributed by atoms with Gasteiger partial charge in [0, 0.05) is 32.7 Å². The van der Waals surface area contributed by atoms with Crippen molar-refractivity contribution in [1.29, 1.82) is 5.26 Å². The van der Waals surface area contributed by atoms with Crippen LogP contribution in [0.1, 0.15) is 12.6 Å². The Balaban J connectivity index is 1.91. The fraction of sp³-hybridized carbons (Fsp3) is 0.538. The van der Waals surface area contributed by atoms with Crippen molar-refractivity contribution in [3.05, 3.63) is 24.0 Å². The van der Waals surface area contributed by atoms with Crippen molar-refractivity contribution in [1.82, 2.24) is 9.88 Å². The predicted molar refractivity (Wildman–Crippen MR) is 69.3 cm³/mol. The van der Waals surface area contributed by atoms with Crippen LogP contribution in [-0.2, 0) is 0 Å². The van der Waals surface area contributed by atoms with Crippen LogP contribution in [0, 0.1) is 11.3 Å². The third-order valence-electron chi connectivity index (χ3n) is 3.12. The largest absolute Gasteiger partial charge is 0.392 e. The van der Waals surface area contributed by atoms with E-state index in [-0.39, 0.29) is 6.10 Å². The van der Waals surface area contributed by atoms with E-state index in [1.165, 1.54) is 0 Å². The van der Waals surface area contributed by atoms with Crippen LogP contribution in [-0.4, -0.2) is 53.8 Å². The highest BCUT2D eigenvalue weighted by Crippen LogP contribution is 2.15. The van der Waals surface area contributed by atoms with Crippen molar-refractivity contribution in [3.63, 3.8) is 0 Å². The number of piperazine rings is 1. The number of anilines is 1. The van der Waals surface area contributed by atoms with Gasteiger partial charge in [-0.25, -0.2) is 4.98 Å². The molecule has 0 spiro atoms. The Morgan fingerprint density at radius 1 is 1.39 bits per heavy atom. The molecule has 96 valence electrons. The molecule has 0 unspecified atom stereocenters. The molecule has 1 N–H and O–H groups in total. The first-order chi connectivity index (χ1) is 8.69. The number of rotatable bonds is 3. The van der Waals surface area contributed by atoms with Gasteiger partial charge in [0.25, 0.3) is 0 Å². The summed E-state index contributed by atoms with van der Waals surface area (Å²) in [6.07, 6.45) is 1.48. The quantitative estimate of drug-likeness (QED) is 0.839. The van der Waals surface area contributed by atoms with Gasteiger partial charge in [0.1, 0.15) is 11.8 Å². The lowest BCUT2D eigenvalue weighted by Gasteiger charge is -2.36. The zero-order valence-electron chi connectivity index (χ0n) is 10.6. The number of β-amino-alcohol motifs (C(OH)–C–C–N with tert-alkyl or cyclic N) is 1. The highest BCUT2D eigenvalue weighted by molar-refractivity contribution is 5.46. The summed E-state index contributed by atoms with van der Waals surface area (Å²) in [7, 11) is 0. The van der Waals surface area contributed by atoms with Crippen LogP contribution in [0.5, 0.6) is 0 Å². The molecule has 1 fully saturated rings. The van der Waals surface area contributed by atoms with Crippen LogP contribution in [0.15, 0.2) is 18.3 Å². The molecule has 0 amide bonds. The molecule has 18 heavy (non-hydrogen) atoms. The molecule has 1 aromatic heterocycles. The molecule has 0 saturated carbocycles. The van der Waals surface area contributed by atoms with Gasteiger partial charge in [0.2, 0.25) is 0 Å². The van der Waals surface area contributed by atoms with E-state index in [9.17, 15) is 5.11 Å². The van der Waals surface area contributed by atoms with E-state index < -0.39 is 0 Å². The van der Waals surface area contributed by atoms with Crippen molar-refractivity contribution in [3.8, 4) is 6.07 Å². The van der Waals surface area contributed by atoms with E-state index in [4.69, 9.17) is 5.26 Å². The highest BCUT2D eigenvalue weighted by atomic mass is 16.3. The maximum absolute atomic E-state index is 9.35. The van der Waals surface area contributed by atoms with Crippen LogP contribution in [0.25, 0.3) is 0 Å². The first kappa shape index (κ1) is 12.8. The zero-order valence-corrected chi connectivity index (χ0v) is 10.6. The van der Waals surface area contributed by atoms with Crippen molar-refractivity contribution in [2.24, 2.45) is 0 Å². The van der Waals surface area contributed by atoms with Gasteiger partial charge < -0.3 is 10.0 Å². The molecule has 1 aromatic rings. The molecule has 0 aromatic carbocycles. The number of aliphatic hydroxyl groups excluding tert-OH is 1. The maximum atomic E-state index is 9.35. The number of aromatic nitrogens is 1. The lowest BCUT2D eigenvalue weighted by Crippen LogP contribution is -2.48. The molecule has 1 aliphatic rings. The van der Waals surface area contributed by atoms with Crippen molar-refractivity contribution in [2.75, 3.05) is 37.6 Å². The third kappa shape index (κ3) is 3.19. The average molecular weight is 246 g/mol. The third-order valence-corrected chi connectivity index (χ3v) is 3.12. The van der Waals surface area contributed by atoms with E-state index in [1.807, 2.05) is 19.1 Å². The fourth-order valence-electron chi connectivity index (χ4n) is 2.20. The molecule has 2 heterocycles. The molecule has 5 heteroatoms. The maximum Gasteiger partial charge on any atom is 0.140 e. The number of hydrogen-bond donors (Lipinski definition) is 1. The second-order valence-corrected chi connectivity index (χ2v) is 4.65. The lowest BCUT2D eigenvalue weighted by molar-refractivity contribution is 0.122. The standard InChI is InChI=1S/C13H18N4O/c1-11(18)10-16-4-6-17(7-5-16)13-3-2-12(8-14)15-9-13/h2-3,9,11,18H,4-7,10H2,1H3/t11-/m1/s1. The summed E-state index contributed by atoms with van der Waals surface area (Å²) >= 11 is 0. The molecule has 1 aliphatic heterocycles. The first-order valence-electron chi connectivity index (χ1n) is 6.20. The van der Waals surface area contributed by atoms with Gasteiger partial charge in [0.15, 0.2) is 0 Å². The van der Waals surface area contributed by atoms with Crippen molar-refractivity contribution < 1.29 is 5.11 Å². The van der Waals surface area contributed by atoms with Crippen molar-refractivity contribution in [2.45, 2.75) is 13.0 Å². The molecular formula is C13H18N4O. The summed E-state index contributed by atoms with van der Waals surface area (Å²) in [6, 6.07) is 5.71. The van der Waals surface area contributed by atoms with Gasteiger partial charge in [0.05, 0.1) is 18.0 Å². The Hall–Kier alpha value is -1.64. The van der Waals surface area contributed by atoms with Gasteiger partial charge in [-0.3, -0.25) is 4.90 Å². The topological polar surface area (TPSA) is 63.4 Å². The summed E-state index contributed by atoms with van der Waals surface area (Å²) in [5.74, 6) is 0. The van der Waals surface area contributed by atoms with Crippen LogP contribution < -0.4 is 4.90 Å². The predicted octanol–water partition coefficient (Wildman–Crippen LogP) is 0.456. The second kappa shape index (κ2) is 5.80. The Bertz CT molecular complexity index is 416. The monoisotopic (exact) mass is 246 g/mol. The number of pyridine rings is 1. The molecule has 1 saturated heterocycles. The lowest BCUT2D eigenvalue weighted by atomic mass is 10.2. The second-order valence-electron chi connectivity index (χ2n) is 4.65. The normalized spacial score (nSPS) is 18.4. The average Bonchev–Trinajstić information content (AvgIpc) is 2.39.